The molecule has 200 valence electrons. The van der Waals surface area contributed by atoms with E-state index in [1.54, 1.807) is 48.4 Å². The Morgan fingerprint density at radius 3 is 2.18 bits per heavy atom. The number of hydrogen-bond acceptors (Lipinski definition) is 6. The van der Waals surface area contributed by atoms with E-state index in [2.05, 4.69) is 5.32 Å². The Labute approximate surface area is 221 Å². The topological polar surface area (TPSA) is 86.3 Å². The second kappa shape index (κ2) is 11.9. The molecule has 0 unspecified atom stereocenters. The molecule has 8 nitrogen and oxygen atoms in total. The van der Waals surface area contributed by atoms with E-state index in [0.717, 1.165) is 11.1 Å². The minimum absolute atomic E-state index is 0.199. The number of methoxy groups -OCH3 is 4. The van der Waals surface area contributed by atoms with E-state index >= 15 is 0 Å². The van der Waals surface area contributed by atoms with Crippen LogP contribution in [0.1, 0.15) is 27.4 Å². The van der Waals surface area contributed by atoms with Gasteiger partial charge in [0.1, 0.15) is 11.6 Å². The van der Waals surface area contributed by atoms with Crippen molar-refractivity contribution in [3.63, 3.8) is 0 Å². The van der Waals surface area contributed by atoms with Crippen molar-refractivity contribution >= 4 is 11.8 Å². The van der Waals surface area contributed by atoms with Crippen LogP contribution < -0.4 is 24.3 Å². The summed E-state index contributed by atoms with van der Waals surface area (Å²) in [6.07, 6.45) is 0. The van der Waals surface area contributed by atoms with Crippen LogP contribution in [-0.2, 0) is 11.3 Å². The molecule has 0 saturated carbocycles. The van der Waals surface area contributed by atoms with Crippen LogP contribution in [0.3, 0.4) is 0 Å². The summed E-state index contributed by atoms with van der Waals surface area (Å²) in [5.41, 5.74) is 2.02. The summed E-state index contributed by atoms with van der Waals surface area (Å²) in [4.78, 5) is 28.6. The largest absolute Gasteiger partial charge is 0.497 e. The van der Waals surface area contributed by atoms with E-state index in [1.165, 1.54) is 33.5 Å². The predicted octanol–water partition coefficient (Wildman–Crippen LogP) is 4.03. The van der Waals surface area contributed by atoms with Crippen molar-refractivity contribution in [3.05, 3.63) is 83.2 Å². The Kier molecular flexibility index (Phi) is 8.35. The molecule has 3 aromatic rings. The fourth-order valence-corrected chi connectivity index (χ4v) is 4.75. The summed E-state index contributed by atoms with van der Waals surface area (Å²) in [7, 11) is 6.12. The van der Waals surface area contributed by atoms with Gasteiger partial charge in [-0.25, -0.2) is 4.39 Å². The fraction of sp³-hybridized carbons (Fsp3) is 0.310. The number of ether oxygens (including phenoxy) is 4. The Morgan fingerprint density at radius 1 is 0.895 bits per heavy atom. The number of nitrogens with zero attached hydrogens (tertiary/aromatic N) is 1. The second-order valence-corrected chi connectivity index (χ2v) is 8.96. The number of carbonyl (C=O) groups excluding carboxylic acids is 2. The Hall–Kier alpha value is -4.27. The number of hydrogen-bond donors (Lipinski definition) is 1. The highest BCUT2D eigenvalue weighted by atomic mass is 19.1. The van der Waals surface area contributed by atoms with Gasteiger partial charge in [-0.15, -0.1) is 0 Å². The minimum atomic E-state index is -0.548. The molecule has 1 saturated heterocycles. The number of benzene rings is 3. The average Bonchev–Trinajstić information content (AvgIpc) is 3.41. The molecule has 9 heteroatoms. The molecule has 1 aliphatic heterocycles. The lowest BCUT2D eigenvalue weighted by molar-refractivity contribution is -0.125. The second-order valence-electron chi connectivity index (χ2n) is 8.96. The van der Waals surface area contributed by atoms with E-state index in [1.807, 2.05) is 12.1 Å². The fourth-order valence-electron chi connectivity index (χ4n) is 4.75. The highest BCUT2D eigenvalue weighted by molar-refractivity contribution is 5.95. The van der Waals surface area contributed by atoms with Crippen molar-refractivity contribution in [2.24, 2.45) is 5.92 Å². The zero-order valence-electron chi connectivity index (χ0n) is 21.8. The van der Waals surface area contributed by atoms with Crippen LogP contribution in [0.15, 0.2) is 60.7 Å². The molecule has 1 aliphatic rings. The van der Waals surface area contributed by atoms with Gasteiger partial charge in [0.2, 0.25) is 11.7 Å². The summed E-state index contributed by atoms with van der Waals surface area (Å²) in [5.74, 6) is 0.298. The standard InChI is InChI=1S/C29H31FN2O6/c1-35-22-7-5-6-19(12-22)29(34)32-16-23(20-13-25(36-2)27(38-4)26(14-20)37-3)24(17-32)28(33)31-15-18-8-10-21(30)11-9-18/h5-14,23-24H,15-17H2,1-4H3,(H,31,33)/t23-,24+/m1/s1. The van der Waals surface area contributed by atoms with Gasteiger partial charge >= 0.3 is 0 Å². The SMILES string of the molecule is COc1cccc(C(=O)N2C[C@H](C(=O)NCc3ccc(F)cc3)[C@@H](c3cc(OC)c(OC)c(OC)c3)C2)c1. The van der Waals surface area contributed by atoms with Crippen molar-refractivity contribution in [2.45, 2.75) is 12.5 Å². The zero-order valence-corrected chi connectivity index (χ0v) is 21.8. The van der Waals surface area contributed by atoms with E-state index in [9.17, 15) is 14.0 Å². The molecule has 1 heterocycles. The summed E-state index contributed by atoms with van der Waals surface area (Å²) >= 11 is 0. The Bertz CT molecular complexity index is 1270. The van der Waals surface area contributed by atoms with Gasteiger partial charge in [0, 0.05) is 31.1 Å². The number of carbonyl (C=O) groups is 2. The van der Waals surface area contributed by atoms with Crippen LogP contribution in [0.4, 0.5) is 4.39 Å². The average molecular weight is 523 g/mol. The van der Waals surface area contributed by atoms with E-state index in [0.29, 0.717) is 35.1 Å². The first-order valence-corrected chi connectivity index (χ1v) is 12.1. The van der Waals surface area contributed by atoms with Crippen LogP contribution in [0.25, 0.3) is 0 Å². The predicted molar refractivity (Wildman–Crippen MR) is 139 cm³/mol. The summed E-state index contributed by atoms with van der Waals surface area (Å²) in [6, 6.07) is 16.5. The quantitative estimate of drug-likeness (QED) is 0.457. The lowest BCUT2D eigenvalue weighted by Gasteiger charge is -2.21. The number of halogens is 1. The van der Waals surface area contributed by atoms with Gasteiger partial charge in [0.05, 0.1) is 34.4 Å². The lowest BCUT2D eigenvalue weighted by atomic mass is 9.87. The van der Waals surface area contributed by atoms with Crippen LogP contribution in [0.2, 0.25) is 0 Å². The highest BCUT2D eigenvalue weighted by Gasteiger charge is 2.41. The molecule has 1 N–H and O–H groups in total. The Morgan fingerprint density at radius 2 is 1.58 bits per heavy atom. The molecular weight excluding hydrogens is 491 g/mol. The maximum atomic E-state index is 13.5. The molecule has 0 radical (unpaired) electrons. The molecule has 0 aliphatic carbocycles. The monoisotopic (exact) mass is 522 g/mol. The minimum Gasteiger partial charge on any atom is -0.497 e. The molecule has 3 aromatic carbocycles. The zero-order chi connectivity index (χ0) is 27.2. The van der Waals surface area contributed by atoms with Crippen LogP contribution in [0.5, 0.6) is 23.0 Å². The smallest absolute Gasteiger partial charge is 0.254 e. The molecule has 1 fully saturated rings. The molecule has 2 atom stereocenters. The van der Waals surface area contributed by atoms with Crippen LogP contribution >= 0.6 is 0 Å². The lowest BCUT2D eigenvalue weighted by Crippen LogP contribution is -2.35. The maximum absolute atomic E-state index is 13.5. The van der Waals surface area contributed by atoms with Gasteiger partial charge in [0.25, 0.3) is 5.91 Å². The summed E-state index contributed by atoms with van der Waals surface area (Å²) < 4.78 is 35.1. The molecule has 0 bridgehead atoms. The molecule has 4 rings (SSSR count). The van der Waals surface area contributed by atoms with Gasteiger partial charge in [-0.1, -0.05) is 18.2 Å². The van der Waals surface area contributed by atoms with Gasteiger partial charge in [0.15, 0.2) is 11.5 Å². The normalized spacial score (nSPS) is 16.6. The first-order chi connectivity index (χ1) is 18.4. The van der Waals surface area contributed by atoms with Crippen molar-refractivity contribution in [1.82, 2.24) is 10.2 Å². The third-order valence-electron chi connectivity index (χ3n) is 6.76. The Balaban J connectivity index is 1.65. The van der Waals surface area contributed by atoms with E-state index < -0.39 is 5.92 Å². The van der Waals surface area contributed by atoms with Gasteiger partial charge < -0.3 is 29.2 Å². The number of likely N-dealkylation sites (tertiary alicyclic amines) is 1. The molecular formula is C29H31FN2O6. The molecule has 0 aromatic heterocycles. The number of nitrogens with one attached hydrogen (secondary N) is 1. The van der Waals surface area contributed by atoms with Crippen molar-refractivity contribution < 1.29 is 32.9 Å². The molecule has 0 spiro atoms. The van der Waals surface area contributed by atoms with Crippen molar-refractivity contribution in [2.75, 3.05) is 41.5 Å². The van der Waals surface area contributed by atoms with Gasteiger partial charge in [-0.2, -0.15) is 0 Å². The highest BCUT2D eigenvalue weighted by Crippen LogP contribution is 2.43. The third-order valence-corrected chi connectivity index (χ3v) is 6.76. The van der Waals surface area contributed by atoms with E-state index in [-0.39, 0.29) is 36.6 Å². The van der Waals surface area contributed by atoms with Crippen molar-refractivity contribution in [3.8, 4) is 23.0 Å². The summed E-state index contributed by atoms with van der Waals surface area (Å²) in [5, 5.41) is 2.95. The molecule has 2 amide bonds. The third kappa shape index (κ3) is 5.66. The maximum Gasteiger partial charge on any atom is 0.254 e. The number of rotatable bonds is 9. The van der Waals surface area contributed by atoms with Crippen LogP contribution in [0, 0.1) is 11.7 Å². The van der Waals surface area contributed by atoms with Gasteiger partial charge in [-0.3, -0.25) is 9.59 Å². The first-order valence-electron chi connectivity index (χ1n) is 12.1. The van der Waals surface area contributed by atoms with Crippen LogP contribution in [-0.4, -0.2) is 58.2 Å². The van der Waals surface area contributed by atoms with E-state index in [4.69, 9.17) is 18.9 Å². The first kappa shape index (κ1) is 26.8. The summed E-state index contributed by atoms with van der Waals surface area (Å²) in [6.45, 7) is 0.761. The van der Waals surface area contributed by atoms with Gasteiger partial charge in [-0.05, 0) is 53.6 Å². The van der Waals surface area contributed by atoms with Crippen molar-refractivity contribution in [1.29, 1.82) is 0 Å². The number of amides is 2. The molecule has 38 heavy (non-hydrogen) atoms.